The van der Waals surface area contributed by atoms with Gasteiger partial charge in [0.1, 0.15) is 5.76 Å². The fourth-order valence-electron chi connectivity index (χ4n) is 4.02. The number of H-pyrrole nitrogens is 1. The molecule has 0 atom stereocenters. The SMILES string of the molecule is Cc1oc(-c2ccccc2)nc1CC(=O)N1CCCN(c2nc3ccccc3[nH]2)CC1. The van der Waals surface area contributed by atoms with Crippen LogP contribution in [0.3, 0.4) is 0 Å². The van der Waals surface area contributed by atoms with Gasteiger partial charge in [0.2, 0.25) is 17.7 Å². The molecule has 158 valence electrons. The van der Waals surface area contributed by atoms with Crippen LogP contribution in [0, 0.1) is 6.92 Å². The highest BCUT2D eigenvalue weighted by Crippen LogP contribution is 2.23. The van der Waals surface area contributed by atoms with Crippen LogP contribution in [0.25, 0.3) is 22.5 Å². The lowest BCUT2D eigenvalue weighted by Crippen LogP contribution is -2.36. The van der Waals surface area contributed by atoms with Crippen LogP contribution in [0.15, 0.2) is 59.0 Å². The van der Waals surface area contributed by atoms with Gasteiger partial charge in [-0.05, 0) is 37.6 Å². The first-order valence-corrected chi connectivity index (χ1v) is 10.7. The molecule has 4 aromatic rings. The maximum Gasteiger partial charge on any atom is 0.228 e. The number of carbonyl (C=O) groups is 1. The van der Waals surface area contributed by atoms with Gasteiger partial charge in [-0.1, -0.05) is 30.3 Å². The van der Waals surface area contributed by atoms with Gasteiger partial charge in [0.25, 0.3) is 0 Å². The number of hydrogen-bond acceptors (Lipinski definition) is 5. The molecule has 1 amide bonds. The zero-order valence-corrected chi connectivity index (χ0v) is 17.5. The molecule has 1 aliphatic heterocycles. The Morgan fingerprint density at radius 1 is 1.00 bits per heavy atom. The Kier molecular flexibility index (Phi) is 5.16. The highest BCUT2D eigenvalue weighted by molar-refractivity contribution is 5.79. The number of imidazole rings is 1. The average Bonchev–Trinajstić information content (AvgIpc) is 3.29. The number of anilines is 1. The van der Waals surface area contributed by atoms with E-state index in [4.69, 9.17) is 9.40 Å². The molecule has 3 heterocycles. The number of aromatic amines is 1. The number of amides is 1. The summed E-state index contributed by atoms with van der Waals surface area (Å²) in [6, 6.07) is 17.8. The number of rotatable bonds is 4. The van der Waals surface area contributed by atoms with Gasteiger partial charge in [0, 0.05) is 31.7 Å². The molecule has 0 bridgehead atoms. The lowest BCUT2D eigenvalue weighted by Gasteiger charge is -2.21. The van der Waals surface area contributed by atoms with Gasteiger partial charge < -0.3 is 19.2 Å². The Bertz CT molecular complexity index is 1160. The third-order valence-corrected chi connectivity index (χ3v) is 5.76. The number of aromatic nitrogens is 3. The highest BCUT2D eigenvalue weighted by atomic mass is 16.4. The minimum atomic E-state index is 0.0856. The number of para-hydroxylation sites is 2. The van der Waals surface area contributed by atoms with Crippen LogP contribution in [-0.4, -0.2) is 51.9 Å². The standard InChI is InChI=1S/C24H25N5O2/c1-17-21(25-23(31-17)18-8-3-2-4-9-18)16-22(30)28-12-7-13-29(15-14-28)24-26-19-10-5-6-11-20(19)27-24/h2-6,8-11H,7,12-16H2,1H3,(H,26,27). The van der Waals surface area contributed by atoms with Crippen LogP contribution in [0.5, 0.6) is 0 Å². The normalized spacial score (nSPS) is 14.7. The van der Waals surface area contributed by atoms with E-state index in [1.807, 2.05) is 66.4 Å². The summed E-state index contributed by atoms with van der Waals surface area (Å²) < 4.78 is 5.81. The largest absolute Gasteiger partial charge is 0.441 e. The Morgan fingerprint density at radius 3 is 2.65 bits per heavy atom. The second kappa shape index (κ2) is 8.26. The molecular weight excluding hydrogens is 390 g/mol. The predicted molar refractivity (Wildman–Crippen MR) is 120 cm³/mol. The lowest BCUT2D eigenvalue weighted by molar-refractivity contribution is -0.130. The molecule has 0 spiro atoms. The quantitative estimate of drug-likeness (QED) is 0.548. The molecule has 5 rings (SSSR count). The third kappa shape index (κ3) is 4.03. The number of benzene rings is 2. The maximum absolute atomic E-state index is 13.0. The van der Waals surface area contributed by atoms with Crippen molar-refractivity contribution in [2.45, 2.75) is 19.8 Å². The summed E-state index contributed by atoms with van der Waals surface area (Å²) in [7, 11) is 0. The first kappa shape index (κ1) is 19.4. The smallest absolute Gasteiger partial charge is 0.228 e. The van der Waals surface area contributed by atoms with Gasteiger partial charge in [-0.25, -0.2) is 9.97 Å². The highest BCUT2D eigenvalue weighted by Gasteiger charge is 2.23. The summed E-state index contributed by atoms with van der Waals surface area (Å²) in [6.07, 6.45) is 1.16. The first-order chi connectivity index (χ1) is 15.2. The van der Waals surface area contributed by atoms with Gasteiger partial charge in [0.05, 0.1) is 23.1 Å². The second-order valence-corrected chi connectivity index (χ2v) is 7.86. The monoisotopic (exact) mass is 415 g/mol. The summed E-state index contributed by atoms with van der Waals surface area (Å²) in [6.45, 7) is 4.88. The maximum atomic E-state index is 13.0. The number of hydrogen-bond donors (Lipinski definition) is 1. The molecule has 1 aliphatic rings. The Morgan fingerprint density at radius 2 is 1.81 bits per heavy atom. The first-order valence-electron chi connectivity index (χ1n) is 10.7. The molecule has 0 aliphatic carbocycles. The van der Waals surface area contributed by atoms with E-state index in [2.05, 4.69) is 14.9 Å². The molecule has 1 saturated heterocycles. The molecule has 31 heavy (non-hydrogen) atoms. The van der Waals surface area contributed by atoms with Crippen LogP contribution in [0.1, 0.15) is 17.9 Å². The van der Waals surface area contributed by atoms with Gasteiger partial charge >= 0.3 is 0 Å². The predicted octanol–water partition coefficient (Wildman–Crippen LogP) is 3.81. The molecule has 2 aromatic carbocycles. The van der Waals surface area contributed by atoms with Crippen molar-refractivity contribution in [3.05, 3.63) is 66.1 Å². The fourth-order valence-corrected chi connectivity index (χ4v) is 4.02. The Labute approximate surface area is 180 Å². The molecule has 0 saturated carbocycles. The molecule has 1 N–H and O–H groups in total. The van der Waals surface area contributed by atoms with E-state index in [-0.39, 0.29) is 12.3 Å². The van der Waals surface area contributed by atoms with Gasteiger partial charge in [-0.15, -0.1) is 0 Å². The van der Waals surface area contributed by atoms with E-state index < -0.39 is 0 Å². The molecular formula is C24H25N5O2. The van der Waals surface area contributed by atoms with Crippen molar-refractivity contribution in [1.29, 1.82) is 0 Å². The molecule has 0 unspecified atom stereocenters. The summed E-state index contributed by atoms with van der Waals surface area (Å²) in [4.78, 5) is 29.8. The number of oxazole rings is 1. The van der Waals surface area contributed by atoms with Crippen molar-refractivity contribution >= 4 is 22.9 Å². The number of fused-ring (bicyclic) bond motifs is 1. The van der Waals surface area contributed by atoms with E-state index in [0.29, 0.717) is 23.9 Å². The van der Waals surface area contributed by atoms with Crippen molar-refractivity contribution in [2.75, 3.05) is 31.1 Å². The zero-order valence-electron chi connectivity index (χ0n) is 17.5. The minimum Gasteiger partial charge on any atom is -0.441 e. The van der Waals surface area contributed by atoms with Crippen LogP contribution < -0.4 is 4.90 Å². The summed E-state index contributed by atoms with van der Waals surface area (Å²) in [5.74, 6) is 2.22. The van der Waals surface area contributed by atoms with Crippen LogP contribution >= 0.6 is 0 Å². The Hall–Kier alpha value is -3.61. The van der Waals surface area contributed by atoms with Crippen molar-refractivity contribution in [2.24, 2.45) is 0 Å². The number of aryl methyl sites for hydroxylation is 1. The lowest BCUT2D eigenvalue weighted by atomic mass is 10.2. The van der Waals surface area contributed by atoms with Crippen LogP contribution in [0.2, 0.25) is 0 Å². The molecule has 1 fully saturated rings. The van der Waals surface area contributed by atoms with Crippen molar-refractivity contribution in [3.63, 3.8) is 0 Å². The molecule has 2 aromatic heterocycles. The number of carbonyl (C=O) groups excluding carboxylic acids is 1. The minimum absolute atomic E-state index is 0.0856. The topological polar surface area (TPSA) is 78.3 Å². The number of nitrogens with one attached hydrogen (secondary N) is 1. The van der Waals surface area contributed by atoms with E-state index in [1.165, 1.54) is 0 Å². The van der Waals surface area contributed by atoms with E-state index in [9.17, 15) is 4.79 Å². The van der Waals surface area contributed by atoms with Crippen LogP contribution in [0.4, 0.5) is 5.95 Å². The molecule has 7 nitrogen and oxygen atoms in total. The molecule has 0 radical (unpaired) electrons. The Balaban J connectivity index is 1.25. The van der Waals surface area contributed by atoms with Gasteiger partial charge in [0.15, 0.2) is 0 Å². The van der Waals surface area contributed by atoms with E-state index in [0.717, 1.165) is 48.6 Å². The summed E-state index contributed by atoms with van der Waals surface area (Å²) in [5, 5.41) is 0. The van der Waals surface area contributed by atoms with Crippen molar-refractivity contribution < 1.29 is 9.21 Å². The summed E-state index contributed by atoms with van der Waals surface area (Å²) >= 11 is 0. The van der Waals surface area contributed by atoms with Gasteiger partial charge in [-0.2, -0.15) is 0 Å². The van der Waals surface area contributed by atoms with Crippen molar-refractivity contribution in [1.82, 2.24) is 19.9 Å². The van der Waals surface area contributed by atoms with E-state index in [1.54, 1.807) is 0 Å². The molecule has 7 heteroatoms. The van der Waals surface area contributed by atoms with Gasteiger partial charge in [-0.3, -0.25) is 4.79 Å². The number of nitrogens with zero attached hydrogens (tertiary/aromatic N) is 4. The third-order valence-electron chi connectivity index (χ3n) is 5.76. The van der Waals surface area contributed by atoms with E-state index >= 15 is 0 Å². The summed E-state index contributed by atoms with van der Waals surface area (Å²) in [5.41, 5.74) is 3.62. The van der Waals surface area contributed by atoms with Crippen LogP contribution in [-0.2, 0) is 11.2 Å². The second-order valence-electron chi connectivity index (χ2n) is 7.86. The zero-order chi connectivity index (χ0) is 21.2. The van der Waals surface area contributed by atoms with Crippen molar-refractivity contribution in [3.8, 4) is 11.5 Å². The average molecular weight is 415 g/mol. The fraction of sp³-hybridized carbons (Fsp3) is 0.292.